The first-order valence-corrected chi connectivity index (χ1v) is 9.02. The molecule has 1 amide bonds. The molecule has 6 nitrogen and oxygen atoms in total. The highest BCUT2D eigenvalue weighted by Gasteiger charge is 2.26. The number of methoxy groups -OCH3 is 2. The summed E-state index contributed by atoms with van der Waals surface area (Å²) in [4.78, 5) is 17.3. The van der Waals surface area contributed by atoms with Crippen LogP contribution in [0.2, 0.25) is 0 Å². The van der Waals surface area contributed by atoms with E-state index in [2.05, 4.69) is 4.90 Å². The fourth-order valence-electron chi connectivity index (χ4n) is 3.58. The molecular weight excluding hydrogens is 320 g/mol. The summed E-state index contributed by atoms with van der Waals surface area (Å²) in [5, 5.41) is 0. The van der Waals surface area contributed by atoms with Gasteiger partial charge in [0, 0.05) is 44.4 Å². The largest absolute Gasteiger partial charge is 0.497 e. The SMILES string of the molecule is COc1cc(OC)cc(C(=O)N2CCC(CN3CCOCC3)CC2)c1. The predicted molar refractivity (Wildman–Crippen MR) is 95.4 cm³/mol. The van der Waals surface area contributed by atoms with Crippen molar-refractivity contribution in [3.63, 3.8) is 0 Å². The second kappa shape index (κ2) is 8.54. The lowest BCUT2D eigenvalue weighted by Gasteiger charge is -2.36. The minimum atomic E-state index is 0.0574. The van der Waals surface area contributed by atoms with Gasteiger partial charge in [0.1, 0.15) is 11.5 Å². The Kier molecular flexibility index (Phi) is 6.15. The number of rotatable bonds is 5. The van der Waals surface area contributed by atoms with Gasteiger partial charge in [-0.25, -0.2) is 0 Å². The van der Waals surface area contributed by atoms with E-state index >= 15 is 0 Å². The van der Waals surface area contributed by atoms with E-state index in [0.29, 0.717) is 23.0 Å². The van der Waals surface area contributed by atoms with Crippen LogP contribution in [0.25, 0.3) is 0 Å². The number of likely N-dealkylation sites (tertiary alicyclic amines) is 1. The molecule has 0 N–H and O–H groups in total. The number of amides is 1. The smallest absolute Gasteiger partial charge is 0.254 e. The quantitative estimate of drug-likeness (QED) is 0.813. The van der Waals surface area contributed by atoms with Gasteiger partial charge in [-0.2, -0.15) is 0 Å². The van der Waals surface area contributed by atoms with Crippen LogP contribution in [0.4, 0.5) is 0 Å². The number of carbonyl (C=O) groups excluding carboxylic acids is 1. The molecule has 0 atom stereocenters. The van der Waals surface area contributed by atoms with Gasteiger partial charge >= 0.3 is 0 Å². The van der Waals surface area contributed by atoms with Gasteiger partial charge in [-0.1, -0.05) is 0 Å². The molecule has 6 heteroatoms. The molecule has 1 aromatic carbocycles. The third-order valence-electron chi connectivity index (χ3n) is 5.12. The fraction of sp³-hybridized carbons (Fsp3) is 0.632. The van der Waals surface area contributed by atoms with E-state index in [1.54, 1.807) is 32.4 Å². The first-order chi connectivity index (χ1) is 12.2. The van der Waals surface area contributed by atoms with E-state index in [-0.39, 0.29) is 5.91 Å². The van der Waals surface area contributed by atoms with Gasteiger partial charge in [0.2, 0.25) is 0 Å². The Balaban J connectivity index is 1.56. The monoisotopic (exact) mass is 348 g/mol. The van der Waals surface area contributed by atoms with Gasteiger partial charge in [0.15, 0.2) is 0 Å². The Morgan fingerprint density at radius 1 is 1.04 bits per heavy atom. The van der Waals surface area contributed by atoms with Crippen LogP contribution >= 0.6 is 0 Å². The van der Waals surface area contributed by atoms with Gasteiger partial charge in [-0.15, -0.1) is 0 Å². The summed E-state index contributed by atoms with van der Waals surface area (Å²) in [6, 6.07) is 5.35. The van der Waals surface area contributed by atoms with Crippen molar-refractivity contribution >= 4 is 5.91 Å². The van der Waals surface area contributed by atoms with E-state index in [1.807, 2.05) is 4.90 Å². The standard InChI is InChI=1S/C19H28N2O4/c1-23-17-11-16(12-18(13-17)24-2)19(22)21-5-3-15(4-6-21)14-20-7-9-25-10-8-20/h11-13,15H,3-10,14H2,1-2H3. The number of piperidine rings is 1. The average molecular weight is 348 g/mol. The fourth-order valence-corrected chi connectivity index (χ4v) is 3.58. The second-order valence-corrected chi connectivity index (χ2v) is 6.75. The summed E-state index contributed by atoms with van der Waals surface area (Å²) in [7, 11) is 3.19. The maximum absolute atomic E-state index is 12.8. The Hall–Kier alpha value is -1.79. The van der Waals surface area contributed by atoms with Crippen LogP contribution in [-0.2, 0) is 4.74 Å². The molecule has 2 heterocycles. The van der Waals surface area contributed by atoms with Gasteiger partial charge in [0.25, 0.3) is 5.91 Å². The van der Waals surface area contributed by atoms with Gasteiger partial charge in [0.05, 0.1) is 27.4 Å². The molecule has 0 saturated carbocycles. The Bertz CT molecular complexity index is 557. The van der Waals surface area contributed by atoms with Crippen LogP contribution in [0, 0.1) is 5.92 Å². The summed E-state index contributed by atoms with van der Waals surface area (Å²) in [6.45, 7) is 6.49. The number of hydrogen-bond acceptors (Lipinski definition) is 5. The highest BCUT2D eigenvalue weighted by atomic mass is 16.5. The number of ether oxygens (including phenoxy) is 3. The molecule has 1 aromatic rings. The van der Waals surface area contributed by atoms with Crippen LogP contribution < -0.4 is 9.47 Å². The van der Waals surface area contributed by atoms with E-state index in [4.69, 9.17) is 14.2 Å². The molecule has 0 radical (unpaired) electrons. The molecule has 0 aromatic heterocycles. The number of hydrogen-bond donors (Lipinski definition) is 0. The molecule has 0 unspecified atom stereocenters. The molecule has 138 valence electrons. The number of nitrogens with zero attached hydrogens (tertiary/aromatic N) is 2. The molecule has 0 spiro atoms. The van der Waals surface area contributed by atoms with E-state index in [1.165, 1.54) is 0 Å². The number of benzene rings is 1. The average Bonchev–Trinajstić information content (AvgIpc) is 2.68. The lowest BCUT2D eigenvalue weighted by Crippen LogP contribution is -2.44. The van der Waals surface area contributed by atoms with Crippen molar-refractivity contribution in [3.05, 3.63) is 23.8 Å². The summed E-state index contributed by atoms with van der Waals surface area (Å²) >= 11 is 0. The lowest BCUT2D eigenvalue weighted by atomic mass is 9.95. The topological polar surface area (TPSA) is 51.2 Å². The molecule has 2 aliphatic heterocycles. The van der Waals surface area contributed by atoms with Crippen molar-refractivity contribution in [1.82, 2.24) is 9.80 Å². The van der Waals surface area contributed by atoms with Crippen molar-refractivity contribution in [1.29, 1.82) is 0 Å². The van der Waals surface area contributed by atoms with Gasteiger partial charge < -0.3 is 19.1 Å². The van der Waals surface area contributed by atoms with Crippen LogP contribution in [0.5, 0.6) is 11.5 Å². The van der Waals surface area contributed by atoms with Crippen molar-refractivity contribution in [3.8, 4) is 11.5 Å². The summed E-state index contributed by atoms with van der Waals surface area (Å²) in [5.41, 5.74) is 0.628. The predicted octanol–water partition coefficient (Wildman–Crippen LogP) is 1.89. The minimum absolute atomic E-state index is 0.0574. The second-order valence-electron chi connectivity index (χ2n) is 6.75. The molecule has 2 fully saturated rings. The van der Waals surface area contributed by atoms with Crippen molar-refractivity contribution in [2.24, 2.45) is 5.92 Å². The molecule has 25 heavy (non-hydrogen) atoms. The third kappa shape index (κ3) is 4.64. The molecule has 2 aliphatic rings. The van der Waals surface area contributed by atoms with E-state index in [9.17, 15) is 4.79 Å². The van der Waals surface area contributed by atoms with Crippen LogP contribution in [0.15, 0.2) is 18.2 Å². The molecule has 3 rings (SSSR count). The van der Waals surface area contributed by atoms with E-state index < -0.39 is 0 Å². The minimum Gasteiger partial charge on any atom is -0.497 e. The zero-order valence-corrected chi connectivity index (χ0v) is 15.2. The first-order valence-electron chi connectivity index (χ1n) is 9.02. The van der Waals surface area contributed by atoms with Crippen molar-refractivity contribution < 1.29 is 19.0 Å². The zero-order chi connectivity index (χ0) is 17.6. The number of morpholine rings is 1. The van der Waals surface area contributed by atoms with Crippen LogP contribution in [-0.4, -0.2) is 75.9 Å². The van der Waals surface area contributed by atoms with E-state index in [0.717, 1.165) is 58.8 Å². The van der Waals surface area contributed by atoms with Crippen LogP contribution in [0.1, 0.15) is 23.2 Å². The third-order valence-corrected chi connectivity index (χ3v) is 5.12. The van der Waals surface area contributed by atoms with Crippen molar-refractivity contribution in [2.45, 2.75) is 12.8 Å². The molecule has 0 bridgehead atoms. The maximum Gasteiger partial charge on any atom is 0.254 e. The first kappa shape index (κ1) is 18.0. The molecule has 2 saturated heterocycles. The Morgan fingerprint density at radius 3 is 2.20 bits per heavy atom. The highest BCUT2D eigenvalue weighted by molar-refractivity contribution is 5.95. The normalized spacial score (nSPS) is 19.7. The van der Waals surface area contributed by atoms with Crippen molar-refractivity contribution in [2.75, 3.05) is 60.2 Å². The Morgan fingerprint density at radius 2 is 1.64 bits per heavy atom. The number of carbonyl (C=O) groups is 1. The zero-order valence-electron chi connectivity index (χ0n) is 15.2. The summed E-state index contributed by atoms with van der Waals surface area (Å²) in [6.07, 6.45) is 2.12. The molecule has 0 aliphatic carbocycles. The summed E-state index contributed by atoms with van der Waals surface area (Å²) in [5.74, 6) is 2.01. The van der Waals surface area contributed by atoms with Gasteiger partial charge in [-0.3, -0.25) is 9.69 Å². The van der Waals surface area contributed by atoms with Gasteiger partial charge in [-0.05, 0) is 30.9 Å². The summed E-state index contributed by atoms with van der Waals surface area (Å²) < 4.78 is 15.9. The van der Waals surface area contributed by atoms with Crippen LogP contribution in [0.3, 0.4) is 0 Å². The highest BCUT2D eigenvalue weighted by Crippen LogP contribution is 2.25. The lowest BCUT2D eigenvalue weighted by molar-refractivity contribution is 0.0243. The Labute approximate surface area is 149 Å². The molecular formula is C19H28N2O4. The maximum atomic E-state index is 12.8.